The van der Waals surface area contributed by atoms with Crippen LogP contribution in [0.2, 0.25) is 5.02 Å². The molecule has 0 unspecified atom stereocenters. The third-order valence-corrected chi connectivity index (χ3v) is 9.48. The van der Waals surface area contributed by atoms with Gasteiger partial charge in [0.05, 0.1) is 12.1 Å². The van der Waals surface area contributed by atoms with Gasteiger partial charge in [-0.1, -0.05) is 17.7 Å². The second kappa shape index (κ2) is 10.8. The number of halogens is 4. The molecule has 1 aliphatic rings. The first kappa shape index (κ1) is 26.5. The molecule has 12 heteroatoms. The third kappa shape index (κ3) is 6.39. The van der Waals surface area contributed by atoms with Crippen LogP contribution < -0.4 is 10.6 Å². The minimum absolute atomic E-state index is 0.137. The van der Waals surface area contributed by atoms with Crippen LogP contribution in [0, 0.1) is 0 Å². The van der Waals surface area contributed by atoms with Crippen LogP contribution in [0.4, 0.5) is 18.9 Å². The highest BCUT2D eigenvalue weighted by molar-refractivity contribution is 7.91. The van der Waals surface area contributed by atoms with E-state index < -0.39 is 21.8 Å². The van der Waals surface area contributed by atoms with Crippen LogP contribution in [0.25, 0.3) is 0 Å². The van der Waals surface area contributed by atoms with Crippen LogP contribution in [0.3, 0.4) is 0 Å². The van der Waals surface area contributed by atoms with Crippen molar-refractivity contribution in [1.82, 2.24) is 9.62 Å². The molecule has 0 atom stereocenters. The summed E-state index contributed by atoms with van der Waals surface area (Å²) < 4.78 is 66.6. The molecule has 6 nitrogen and oxygen atoms in total. The fourth-order valence-corrected chi connectivity index (χ4v) is 6.90. The minimum Gasteiger partial charge on any atom is -0.382 e. The lowest BCUT2D eigenvalue weighted by Crippen LogP contribution is -2.42. The Labute approximate surface area is 216 Å². The van der Waals surface area contributed by atoms with Crippen molar-refractivity contribution in [2.45, 2.75) is 35.8 Å². The zero-order chi connectivity index (χ0) is 25.9. The number of hydrogen-bond donors (Lipinski definition) is 2. The summed E-state index contributed by atoms with van der Waals surface area (Å²) in [6.45, 7) is 0.684. The Morgan fingerprint density at radius 2 is 1.75 bits per heavy atom. The second-order valence-electron chi connectivity index (χ2n) is 8.31. The highest BCUT2D eigenvalue weighted by atomic mass is 35.5. The quantitative estimate of drug-likeness (QED) is 0.395. The van der Waals surface area contributed by atoms with Gasteiger partial charge in [-0.25, -0.2) is 8.42 Å². The molecule has 0 saturated carbocycles. The second-order valence-corrected chi connectivity index (χ2v) is 12.1. The van der Waals surface area contributed by atoms with Crippen LogP contribution in [0.15, 0.2) is 64.9 Å². The predicted molar refractivity (Wildman–Crippen MR) is 134 cm³/mol. The zero-order valence-corrected chi connectivity index (χ0v) is 21.3. The molecular formula is C24H23ClF3N3O3S2. The van der Waals surface area contributed by atoms with E-state index in [9.17, 15) is 26.4 Å². The molecule has 0 spiro atoms. The predicted octanol–water partition coefficient (Wildman–Crippen LogP) is 5.62. The summed E-state index contributed by atoms with van der Waals surface area (Å²) in [6, 6.07) is 14.5. The van der Waals surface area contributed by atoms with Crippen LogP contribution in [-0.2, 0) is 22.7 Å². The van der Waals surface area contributed by atoms with Gasteiger partial charge in [-0.2, -0.15) is 17.5 Å². The smallest absolute Gasteiger partial charge is 0.382 e. The molecule has 1 fully saturated rings. The number of piperidine rings is 1. The summed E-state index contributed by atoms with van der Waals surface area (Å²) in [5.41, 5.74) is 0.0745. The third-order valence-electron chi connectivity index (χ3n) is 5.78. The molecule has 1 saturated heterocycles. The van der Waals surface area contributed by atoms with Gasteiger partial charge in [-0.05, 0) is 67.4 Å². The number of thiophene rings is 1. The number of nitrogens with zero attached hydrogens (tertiary/aromatic N) is 1. The van der Waals surface area contributed by atoms with Crippen LogP contribution in [0.1, 0.15) is 33.6 Å². The van der Waals surface area contributed by atoms with Crippen molar-refractivity contribution >= 4 is 44.6 Å². The number of rotatable bonds is 7. The maximum Gasteiger partial charge on any atom is 0.416 e. The van der Waals surface area contributed by atoms with Gasteiger partial charge in [0.25, 0.3) is 15.9 Å². The Morgan fingerprint density at radius 3 is 2.42 bits per heavy atom. The standard InChI is InChI=1S/C24H23ClF3N3O3S2/c25-18-6-4-16(5-7-18)23(32)29-15-21-8-9-22(35-21)36(33,34)31-12-10-19(11-13-31)30-20-3-1-2-17(14-20)24(26,27)28/h1-9,14,19,30H,10-13,15H2,(H,29,32). The minimum atomic E-state index is -4.42. The molecule has 2 N–H and O–H groups in total. The summed E-state index contributed by atoms with van der Waals surface area (Å²) in [6.07, 6.45) is -3.50. The van der Waals surface area contributed by atoms with Crippen molar-refractivity contribution in [3.05, 3.63) is 81.7 Å². The van der Waals surface area contributed by atoms with Crippen LogP contribution >= 0.6 is 22.9 Å². The molecule has 36 heavy (non-hydrogen) atoms. The molecule has 192 valence electrons. The van der Waals surface area contributed by atoms with Gasteiger partial charge in [0, 0.05) is 40.3 Å². The molecule has 4 rings (SSSR count). The maximum atomic E-state index is 13.1. The largest absolute Gasteiger partial charge is 0.416 e. The lowest BCUT2D eigenvalue weighted by atomic mass is 10.1. The van der Waals surface area contributed by atoms with Crippen LogP contribution in [-0.4, -0.2) is 37.8 Å². The van der Waals surface area contributed by atoms with Gasteiger partial charge in [0.15, 0.2) is 0 Å². The van der Waals surface area contributed by atoms with E-state index in [-0.39, 0.29) is 35.8 Å². The fraction of sp³-hybridized carbons (Fsp3) is 0.292. The fourth-order valence-electron chi connectivity index (χ4n) is 3.85. The molecule has 0 aliphatic carbocycles. The van der Waals surface area contributed by atoms with Gasteiger partial charge in [0.1, 0.15) is 4.21 Å². The lowest BCUT2D eigenvalue weighted by molar-refractivity contribution is -0.137. The Kier molecular flexibility index (Phi) is 7.93. The molecule has 1 amide bonds. The van der Waals surface area contributed by atoms with Gasteiger partial charge < -0.3 is 10.6 Å². The Bertz CT molecular complexity index is 1320. The summed E-state index contributed by atoms with van der Waals surface area (Å²) in [5.74, 6) is -0.292. The highest BCUT2D eigenvalue weighted by Crippen LogP contribution is 2.32. The molecule has 0 bridgehead atoms. The van der Waals surface area contributed by atoms with Crippen molar-refractivity contribution in [2.24, 2.45) is 0 Å². The number of anilines is 1. The van der Waals surface area contributed by atoms with Crippen molar-refractivity contribution in [2.75, 3.05) is 18.4 Å². The Morgan fingerprint density at radius 1 is 1.06 bits per heavy atom. The lowest BCUT2D eigenvalue weighted by Gasteiger charge is -2.32. The first-order valence-electron chi connectivity index (χ1n) is 11.1. The molecule has 3 aromatic rings. The number of amides is 1. The Balaban J connectivity index is 1.31. The highest BCUT2D eigenvalue weighted by Gasteiger charge is 2.32. The topological polar surface area (TPSA) is 78.5 Å². The van der Waals surface area contributed by atoms with E-state index in [1.807, 2.05) is 0 Å². The van der Waals surface area contributed by atoms with Crippen molar-refractivity contribution in [3.63, 3.8) is 0 Å². The van der Waals surface area contributed by atoms with E-state index in [0.717, 1.165) is 23.5 Å². The van der Waals surface area contributed by atoms with Crippen molar-refractivity contribution < 1.29 is 26.4 Å². The van der Waals surface area contributed by atoms with E-state index in [1.165, 1.54) is 16.4 Å². The summed E-state index contributed by atoms with van der Waals surface area (Å²) >= 11 is 6.92. The van der Waals surface area contributed by atoms with Gasteiger partial charge in [-0.3, -0.25) is 4.79 Å². The number of sulfonamides is 1. The number of alkyl halides is 3. The number of carbonyl (C=O) groups excluding carboxylic acids is 1. The molecule has 2 heterocycles. The average molecular weight is 558 g/mol. The normalized spacial score (nSPS) is 15.6. The summed E-state index contributed by atoms with van der Waals surface area (Å²) in [7, 11) is -3.71. The number of benzene rings is 2. The van der Waals surface area contributed by atoms with E-state index in [0.29, 0.717) is 34.0 Å². The maximum absolute atomic E-state index is 13.1. The monoisotopic (exact) mass is 557 g/mol. The first-order valence-corrected chi connectivity index (χ1v) is 13.7. The van der Waals surface area contributed by atoms with Crippen LogP contribution in [0.5, 0.6) is 0 Å². The SMILES string of the molecule is O=C(NCc1ccc(S(=O)(=O)N2CCC(Nc3cccc(C(F)(F)F)c3)CC2)s1)c1ccc(Cl)cc1. The van der Waals surface area contributed by atoms with Gasteiger partial charge in [0.2, 0.25) is 0 Å². The average Bonchev–Trinajstić information content (AvgIpc) is 3.33. The molecule has 0 radical (unpaired) electrons. The van der Waals surface area contributed by atoms with E-state index in [2.05, 4.69) is 10.6 Å². The first-order chi connectivity index (χ1) is 17.0. The molecule has 1 aromatic heterocycles. The van der Waals surface area contributed by atoms with Gasteiger partial charge in [-0.15, -0.1) is 11.3 Å². The van der Waals surface area contributed by atoms with E-state index >= 15 is 0 Å². The summed E-state index contributed by atoms with van der Waals surface area (Å²) in [5, 5.41) is 6.37. The van der Waals surface area contributed by atoms with E-state index in [4.69, 9.17) is 11.6 Å². The van der Waals surface area contributed by atoms with Crippen molar-refractivity contribution in [1.29, 1.82) is 0 Å². The Hall–Kier alpha value is -2.60. The van der Waals surface area contributed by atoms with Gasteiger partial charge >= 0.3 is 6.18 Å². The molecule has 1 aliphatic heterocycles. The van der Waals surface area contributed by atoms with E-state index in [1.54, 1.807) is 36.4 Å². The number of carbonyl (C=O) groups is 1. The number of hydrogen-bond acceptors (Lipinski definition) is 5. The number of nitrogens with one attached hydrogen (secondary N) is 2. The zero-order valence-electron chi connectivity index (χ0n) is 18.9. The van der Waals surface area contributed by atoms with Crippen molar-refractivity contribution in [3.8, 4) is 0 Å². The molecule has 2 aromatic carbocycles. The summed E-state index contributed by atoms with van der Waals surface area (Å²) in [4.78, 5) is 13.0. The molecular weight excluding hydrogens is 535 g/mol.